The van der Waals surface area contributed by atoms with Crippen molar-refractivity contribution in [3.63, 3.8) is 0 Å². The van der Waals surface area contributed by atoms with Crippen LogP contribution in [0.15, 0.2) is 24.5 Å². The van der Waals surface area contributed by atoms with E-state index in [4.69, 9.17) is 10.9 Å². The molecule has 5 nitrogen and oxygen atoms in total. The number of nitrogens with one attached hydrogen (secondary N) is 1. The van der Waals surface area contributed by atoms with Crippen molar-refractivity contribution >= 4 is 5.97 Å². The van der Waals surface area contributed by atoms with Gasteiger partial charge in [0, 0.05) is 18.8 Å². The Kier molecular flexibility index (Phi) is 3.16. The summed E-state index contributed by atoms with van der Waals surface area (Å²) in [5, 5.41) is 8.94. The topological polar surface area (TPSA) is 88.2 Å². The molecule has 1 heterocycles. The Morgan fingerprint density at radius 1 is 1.64 bits per heavy atom. The summed E-state index contributed by atoms with van der Waals surface area (Å²) >= 11 is 0. The molecule has 0 saturated carbocycles. The standard InChI is InChI=1S/C9H13N3O2/c1-9(12-10,8(13)14)6-7-2-4-11-5-3-7/h2-5,12H,6,10H2,1H3,(H,13,14). The normalized spacial score (nSPS) is 14.7. The van der Waals surface area contributed by atoms with Crippen LogP contribution in [0.25, 0.3) is 0 Å². The Labute approximate surface area is 81.9 Å². The number of nitrogens with two attached hydrogens (primary N) is 1. The zero-order valence-electron chi connectivity index (χ0n) is 7.90. The van der Waals surface area contributed by atoms with Gasteiger partial charge in [-0.3, -0.25) is 15.6 Å². The fourth-order valence-corrected chi connectivity index (χ4v) is 1.10. The molecule has 1 rings (SSSR count). The summed E-state index contributed by atoms with van der Waals surface area (Å²) in [6, 6.07) is 3.52. The van der Waals surface area contributed by atoms with E-state index in [0.29, 0.717) is 6.42 Å². The van der Waals surface area contributed by atoms with Crippen molar-refractivity contribution in [2.45, 2.75) is 18.9 Å². The highest BCUT2D eigenvalue weighted by molar-refractivity contribution is 5.78. The molecule has 14 heavy (non-hydrogen) atoms. The zero-order valence-corrected chi connectivity index (χ0v) is 7.90. The summed E-state index contributed by atoms with van der Waals surface area (Å²) in [5.41, 5.74) is 2.05. The van der Waals surface area contributed by atoms with Gasteiger partial charge in [0.2, 0.25) is 0 Å². The van der Waals surface area contributed by atoms with Crippen LogP contribution in [0.1, 0.15) is 12.5 Å². The Balaban J connectivity index is 2.81. The first-order valence-electron chi connectivity index (χ1n) is 4.18. The zero-order chi connectivity index (χ0) is 10.6. The number of pyridine rings is 1. The molecular weight excluding hydrogens is 182 g/mol. The van der Waals surface area contributed by atoms with Crippen LogP contribution in [-0.2, 0) is 11.2 Å². The third kappa shape index (κ3) is 2.27. The molecule has 0 fully saturated rings. The van der Waals surface area contributed by atoms with Gasteiger partial charge in [-0.25, -0.2) is 5.43 Å². The smallest absolute Gasteiger partial charge is 0.325 e. The van der Waals surface area contributed by atoms with Gasteiger partial charge in [-0.15, -0.1) is 0 Å². The van der Waals surface area contributed by atoms with Crippen LogP contribution >= 0.6 is 0 Å². The van der Waals surface area contributed by atoms with E-state index in [9.17, 15) is 4.79 Å². The third-order valence-electron chi connectivity index (χ3n) is 2.10. The van der Waals surface area contributed by atoms with Crippen molar-refractivity contribution in [3.05, 3.63) is 30.1 Å². The molecule has 0 aliphatic rings. The quantitative estimate of drug-likeness (QED) is 0.462. The van der Waals surface area contributed by atoms with Gasteiger partial charge in [0.05, 0.1) is 0 Å². The number of carbonyl (C=O) groups is 1. The molecule has 1 unspecified atom stereocenters. The Morgan fingerprint density at radius 2 is 2.21 bits per heavy atom. The van der Waals surface area contributed by atoms with Crippen LogP contribution in [0.2, 0.25) is 0 Å². The Bertz CT molecular complexity index is 315. The summed E-state index contributed by atoms with van der Waals surface area (Å²) in [6.07, 6.45) is 3.56. The number of carboxylic acid groups (broad SMARTS) is 1. The number of hydrogen-bond acceptors (Lipinski definition) is 4. The number of hydrogen-bond donors (Lipinski definition) is 3. The van der Waals surface area contributed by atoms with Gasteiger partial charge in [0.1, 0.15) is 5.54 Å². The minimum atomic E-state index is -1.14. The molecule has 0 aliphatic carbocycles. The van der Waals surface area contributed by atoms with E-state index in [1.165, 1.54) is 6.92 Å². The number of rotatable bonds is 4. The molecule has 5 heteroatoms. The van der Waals surface area contributed by atoms with Gasteiger partial charge in [0.15, 0.2) is 0 Å². The first-order chi connectivity index (χ1) is 6.58. The first-order valence-corrected chi connectivity index (χ1v) is 4.18. The van der Waals surface area contributed by atoms with Gasteiger partial charge >= 0.3 is 5.97 Å². The maximum Gasteiger partial charge on any atom is 0.325 e. The van der Waals surface area contributed by atoms with Gasteiger partial charge in [0.25, 0.3) is 0 Å². The molecule has 0 saturated heterocycles. The maximum absolute atomic E-state index is 10.9. The fourth-order valence-electron chi connectivity index (χ4n) is 1.10. The highest BCUT2D eigenvalue weighted by Gasteiger charge is 2.31. The van der Waals surface area contributed by atoms with Gasteiger partial charge in [-0.05, 0) is 24.6 Å². The highest BCUT2D eigenvalue weighted by Crippen LogP contribution is 2.11. The number of carboxylic acids is 1. The fraction of sp³-hybridized carbons (Fsp3) is 0.333. The van der Waals surface area contributed by atoms with Crippen molar-refractivity contribution in [2.75, 3.05) is 0 Å². The molecule has 0 radical (unpaired) electrons. The van der Waals surface area contributed by atoms with E-state index in [2.05, 4.69) is 10.4 Å². The lowest BCUT2D eigenvalue weighted by Gasteiger charge is -2.23. The van der Waals surface area contributed by atoms with Crippen LogP contribution < -0.4 is 11.3 Å². The largest absolute Gasteiger partial charge is 0.480 e. The van der Waals surface area contributed by atoms with Crippen LogP contribution in [0.3, 0.4) is 0 Å². The van der Waals surface area contributed by atoms with Crippen molar-refractivity contribution in [2.24, 2.45) is 5.84 Å². The Hall–Kier alpha value is -1.46. The van der Waals surface area contributed by atoms with E-state index in [1.54, 1.807) is 24.5 Å². The van der Waals surface area contributed by atoms with Gasteiger partial charge in [-0.2, -0.15) is 0 Å². The number of nitrogens with zero attached hydrogens (tertiary/aromatic N) is 1. The van der Waals surface area contributed by atoms with Crippen molar-refractivity contribution < 1.29 is 9.90 Å². The number of aliphatic carboxylic acids is 1. The monoisotopic (exact) mass is 195 g/mol. The molecule has 0 aromatic carbocycles. The molecule has 0 bridgehead atoms. The molecule has 0 amide bonds. The maximum atomic E-state index is 10.9. The van der Waals surface area contributed by atoms with Crippen molar-refractivity contribution in [1.82, 2.24) is 10.4 Å². The molecule has 0 aliphatic heterocycles. The molecule has 76 valence electrons. The van der Waals surface area contributed by atoms with Gasteiger partial charge < -0.3 is 5.11 Å². The van der Waals surface area contributed by atoms with Crippen LogP contribution in [0.5, 0.6) is 0 Å². The van der Waals surface area contributed by atoms with Crippen molar-refractivity contribution in [1.29, 1.82) is 0 Å². The summed E-state index contributed by atoms with van der Waals surface area (Å²) in [4.78, 5) is 14.7. The number of hydrazine groups is 1. The van der Waals surface area contributed by atoms with Crippen molar-refractivity contribution in [3.8, 4) is 0 Å². The predicted molar refractivity (Wildman–Crippen MR) is 51.3 cm³/mol. The lowest BCUT2D eigenvalue weighted by atomic mass is 9.94. The average Bonchev–Trinajstić information content (AvgIpc) is 2.19. The molecule has 1 aromatic rings. The Morgan fingerprint density at radius 3 is 2.64 bits per heavy atom. The van der Waals surface area contributed by atoms with E-state index in [-0.39, 0.29) is 0 Å². The minimum absolute atomic E-state index is 0.321. The molecule has 1 atom stereocenters. The van der Waals surface area contributed by atoms with E-state index < -0.39 is 11.5 Å². The summed E-state index contributed by atoms with van der Waals surface area (Å²) in [7, 11) is 0. The second-order valence-corrected chi connectivity index (χ2v) is 3.31. The second-order valence-electron chi connectivity index (χ2n) is 3.31. The molecule has 4 N–H and O–H groups in total. The summed E-state index contributed by atoms with van der Waals surface area (Å²) < 4.78 is 0. The van der Waals surface area contributed by atoms with Gasteiger partial charge in [-0.1, -0.05) is 0 Å². The van der Waals surface area contributed by atoms with Crippen LogP contribution in [-0.4, -0.2) is 21.6 Å². The lowest BCUT2D eigenvalue weighted by Crippen LogP contribution is -2.54. The lowest BCUT2D eigenvalue weighted by molar-refractivity contribution is -0.144. The molecule has 0 spiro atoms. The highest BCUT2D eigenvalue weighted by atomic mass is 16.4. The average molecular weight is 195 g/mol. The van der Waals surface area contributed by atoms with E-state index in [1.807, 2.05) is 0 Å². The summed E-state index contributed by atoms with van der Waals surface area (Å²) in [5.74, 6) is 4.23. The molecule has 1 aromatic heterocycles. The third-order valence-corrected chi connectivity index (χ3v) is 2.10. The van der Waals surface area contributed by atoms with E-state index in [0.717, 1.165) is 5.56 Å². The second kappa shape index (κ2) is 4.17. The first kappa shape index (κ1) is 10.6. The van der Waals surface area contributed by atoms with Crippen LogP contribution in [0, 0.1) is 0 Å². The number of aromatic nitrogens is 1. The minimum Gasteiger partial charge on any atom is -0.480 e. The predicted octanol–water partition coefficient (Wildman–Crippen LogP) is -0.0693. The van der Waals surface area contributed by atoms with E-state index >= 15 is 0 Å². The van der Waals surface area contributed by atoms with Crippen LogP contribution in [0.4, 0.5) is 0 Å². The molecular formula is C9H13N3O2. The summed E-state index contributed by atoms with van der Waals surface area (Å²) in [6.45, 7) is 1.54. The SMILES string of the molecule is CC(Cc1ccncc1)(NN)C(=O)O.